The van der Waals surface area contributed by atoms with E-state index in [1.54, 1.807) is 42.5 Å². The quantitative estimate of drug-likeness (QED) is 0.580. The van der Waals surface area contributed by atoms with E-state index in [4.69, 9.17) is 27.9 Å². The minimum absolute atomic E-state index is 0.272. The highest BCUT2D eigenvalue weighted by Gasteiger charge is 2.09. The average molecular weight is 372 g/mol. The predicted octanol–water partition coefficient (Wildman–Crippen LogP) is 6.35. The third-order valence-electron chi connectivity index (χ3n) is 3.52. The summed E-state index contributed by atoms with van der Waals surface area (Å²) in [6.45, 7) is 2.00. The molecule has 0 fully saturated rings. The fourth-order valence-electron chi connectivity index (χ4n) is 2.28. The summed E-state index contributed by atoms with van der Waals surface area (Å²) < 4.78 is 5.78. The van der Waals surface area contributed by atoms with Crippen LogP contribution in [0.25, 0.3) is 0 Å². The lowest BCUT2D eigenvalue weighted by molar-refractivity contribution is 0.102. The molecule has 1 amide bonds. The van der Waals surface area contributed by atoms with E-state index in [-0.39, 0.29) is 5.91 Å². The van der Waals surface area contributed by atoms with Crippen LogP contribution in [0.2, 0.25) is 10.0 Å². The Balaban J connectivity index is 1.71. The number of benzene rings is 3. The smallest absolute Gasteiger partial charge is 0.255 e. The van der Waals surface area contributed by atoms with Gasteiger partial charge in [-0.3, -0.25) is 4.79 Å². The minimum atomic E-state index is -0.272. The van der Waals surface area contributed by atoms with Gasteiger partial charge in [-0.05, 0) is 67.1 Å². The predicted molar refractivity (Wildman–Crippen MR) is 102 cm³/mol. The van der Waals surface area contributed by atoms with Gasteiger partial charge in [-0.25, -0.2) is 0 Å². The molecule has 3 aromatic carbocycles. The van der Waals surface area contributed by atoms with E-state index in [1.807, 2.05) is 31.2 Å². The number of hydrogen-bond donors (Lipinski definition) is 1. The molecule has 0 aromatic heterocycles. The highest BCUT2D eigenvalue weighted by atomic mass is 35.5. The van der Waals surface area contributed by atoms with Crippen molar-refractivity contribution in [2.45, 2.75) is 6.92 Å². The zero-order chi connectivity index (χ0) is 17.8. The average Bonchev–Trinajstić information content (AvgIpc) is 2.59. The van der Waals surface area contributed by atoms with Crippen LogP contribution in [-0.2, 0) is 0 Å². The zero-order valence-electron chi connectivity index (χ0n) is 13.4. The fourth-order valence-corrected chi connectivity index (χ4v) is 2.61. The molecule has 0 aliphatic heterocycles. The van der Waals surface area contributed by atoms with E-state index in [2.05, 4.69) is 5.32 Å². The Morgan fingerprint density at radius 3 is 2.40 bits per heavy atom. The van der Waals surface area contributed by atoms with Gasteiger partial charge in [0.15, 0.2) is 0 Å². The van der Waals surface area contributed by atoms with Gasteiger partial charge in [-0.15, -0.1) is 0 Å². The molecule has 0 atom stereocenters. The second-order valence-corrected chi connectivity index (χ2v) is 6.36. The van der Waals surface area contributed by atoms with Crippen molar-refractivity contribution in [3.63, 3.8) is 0 Å². The molecular formula is C20H15Cl2NO2. The van der Waals surface area contributed by atoms with E-state index in [0.29, 0.717) is 27.0 Å². The van der Waals surface area contributed by atoms with Crippen LogP contribution >= 0.6 is 23.2 Å². The highest BCUT2D eigenvalue weighted by molar-refractivity contribution is 6.35. The molecule has 0 bridgehead atoms. The standard InChI is InChI=1S/C20H15Cl2NO2/c1-13-3-2-4-17(11-13)25-16-8-5-14(6-9-16)20(24)23-19-12-15(21)7-10-18(19)22/h2-12H,1H3,(H,23,24). The van der Waals surface area contributed by atoms with Crippen LogP contribution in [0.15, 0.2) is 66.7 Å². The summed E-state index contributed by atoms with van der Waals surface area (Å²) >= 11 is 12.0. The highest BCUT2D eigenvalue weighted by Crippen LogP contribution is 2.26. The molecule has 0 aliphatic rings. The van der Waals surface area contributed by atoms with Crippen LogP contribution in [0.3, 0.4) is 0 Å². The number of amides is 1. The van der Waals surface area contributed by atoms with E-state index in [9.17, 15) is 4.79 Å². The number of nitrogens with one attached hydrogen (secondary N) is 1. The van der Waals surface area contributed by atoms with Crippen LogP contribution in [0.5, 0.6) is 11.5 Å². The number of rotatable bonds is 4. The first kappa shape index (κ1) is 17.3. The Hall–Kier alpha value is -2.49. The van der Waals surface area contributed by atoms with Crippen LogP contribution in [-0.4, -0.2) is 5.91 Å². The second kappa shape index (κ2) is 7.60. The summed E-state index contributed by atoms with van der Waals surface area (Å²) in [7, 11) is 0. The lowest BCUT2D eigenvalue weighted by atomic mass is 10.2. The number of ether oxygens (including phenoxy) is 1. The summed E-state index contributed by atoms with van der Waals surface area (Å²) in [6.07, 6.45) is 0. The van der Waals surface area contributed by atoms with Crippen LogP contribution in [0.1, 0.15) is 15.9 Å². The molecule has 3 rings (SSSR count). The summed E-state index contributed by atoms with van der Waals surface area (Å²) in [5.41, 5.74) is 2.08. The SMILES string of the molecule is Cc1cccc(Oc2ccc(C(=O)Nc3cc(Cl)ccc3Cl)cc2)c1. The van der Waals surface area contributed by atoms with Crippen molar-refractivity contribution in [1.82, 2.24) is 0 Å². The Bertz CT molecular complexity index is 908. The number of aryl methyl sites for hydroxylation is 1. The second-order valence-electron chi connectivity index (χ2n) is 5.52. The molecule has 0 radical (unpaired) electrons. The molecule has 0 aliphatic carbocycles. The molecule has 25 heavy (non-hydrogen) atoms. The van der Waals surface area contributed by atoms with Crippen molar-refractivity contribution in [2.24, 2.45) is 0 Å². The largest absolute Gasteiger partial charge is 0.457 e. The maximum Gasteiger partial charge on any atom is 0.255 e. The van der Waals surface area contributed by atoms with Crippen molar-refractivity contribution >= 4 is 34.8 Å². The molecule has 0 unspecified atom stereocenters. The molecule has 1 N–H and O–H groups in total. The molecule has 0 saturated heterocycles. The van der Waals surface area contributed by atoms with Crippen LogP contribution in [0, 0.1) is 6.92 Å². The lowest BCUT2D eigenvalue weighted by Crippen LogP contribution is -2.12. The summed E-state index contributed by atoms with van der Waals surface area (Å²) in [5.74, 6) is 1.14. The summed E-state index contributed by atoms with van der Waals surface area (Å²) in [6, 6.07) is 19.6. The van der Waals surface area contributed by atoms with Gasteiger partial charge >= 0.3 is 0 Å². The molecular weight excluding hydrogens is 357 g/mol. The Kier molecular flexibility index (Phi) is 5.27. The number of anilines is 1. The maximum atomic E-state index is 12.3. The minimum Gasteiger partial charge on any atom is -0.457 e. The first-order chi connectivity index (χ1) is 12.0. The summed E-state index contributed by atoms with van der Waals surface area (Å²) in [5, 5.41) is 3.68. The van der Waals surface area contributed by atoms with Crippen LogP contribution < -0.4 is 10.1 Å². The van der Waals surface area contributed by atoms with E-state index in [0.717, 1.165) is 11.3 Å². The number of hydrogen-bond acceptors (Lipinski definition) is 2. The Morgan fingerprint density at radius 2 is 1.68 bits per heavy atom. The first-order valence-corrected chi connectivity index (χ1v) is 8.38. The van der Waals surface area contributed by atoms with Crippen molar-refractivity contribution in [3.8, 4) is 11.5 Å². The third-order valence-corrected chi connectivity index (χ3v) is 4.08. The lowest BCUT2D eigenvalue weighted by Gasteiger charge is -2.09. The van der Waals surface area contributed by atoms with Gasteiger partial charge in [-0.1, -0.05) is 35.3 Å². The number of carbonyl (C=O) groups excluding carboxylic acids is 1. The molecule has 0 spiro atoms. The topological polar surface area (TPSA) is 38.3 Å². The van der Waals surface area contributed by atoms with Gasteiger partial charge in [0.1, 0.15) is 11.5 Å². The van der Waals surface area contributed by atoms with E-state index in [1.165, 1.54) is 0 Å². The van der Waals surface area contributed by atoms with Crippen molar-refractivity contribution < 1.29 is 9.53 Å². The molecule has 3 nitrogen and oxygen atoms in total. The van der Waals surface area contributed by atoms with Gasteiger partial charge < -0.3 is 10.1 Å². The maximum absolute atomic E-state index is 12.3. The Labute approximate surface area is 156 Å². The van der Waals surface area contributed by atoms with E-state index < -0.39 is 0 Å². The van der Waals surface area contributed by atoms with Gasteiger partial charge in [-0.2, -0.15) is 0 Å². The number of carbonyl (C=O) groups is 1. The monoisotopic (exact) mass is 371 g/mol. The fraction of sp³-hybridized carbons (Fsp3) is 0.0500. The van der Waals surface area contributed by atoms with Crippen molar-refractivity contribution in [2.75, 3.05) is 5.32 Å². The molecule has 0 heterocycles. The summed E-state index contributed by atoms with van der Waals surface area (Å²) in [4.78, 5) is 12.3. The van der Waals surface area contributed by atoms with Crippen molar-refractivity contribution in [3.05, 3.63) is 87.9 Å². The van der Waals surface area contributed by atoms with Gasteiger partial charge in [0.25, 0.3) is 5.91 Å². The van der Waals surface area contributed by atoms with Gasteiger partial charge in [0.2, 0.25) is 0 Å². The first-order valence-electron chi connectivity index (χ1n) is 7.62. The molecule has 0 saturated carbocycles. The molecule has 126 valence electrons. The van der Waals surface area contributed by atoms with E-state index >= 15 is 0 Å². The van der Waals surface area contributed by atoms with Gasteiger partial charge in [0, 0.05) is 10.6 Å². The molecule has 3 aromatic rings. The number of halogens is 2. The van der Waals surface area contributed by atoms with Crippen LogP contribution in [0.4, 0.5) is 5.69 Å². The Morgan fingerprint density at radius 1 is 0.920 bits per heavy atom. The normalized spacial score (nSPS) is 10.4. The zero-order valence-corrected chi connectivity index (χ0v) is 14.9. The third kappa shape index (κ3) is 4.53. The van der Waals surface area contributed by atoms with Crippen molar-refractivity contribution in [1.29, 1.82) is 0 Å². The van der Waals surface area contributed by atoms with Gasteiger partial charge in [0.05, 0.1) is 10.7 Å². The molecule has 5 heteroatoms.